The van der Waals surface area contributed by atoms with E-state index in [1.54, 1.807) is 0 Å². The zero-order valence-corrected chi connectivity index (χ0v) is 24.5. The molecule has 1 unspecified atom stereocenters. The summed E-state index contributed by atoms with van der Waals surface area (Å²) < 4.78 is 11.0. The summed E-state index contributed by atoms with van der Waals surface area (Å²) in [6.45, 7) is 5.21. The van der Waals surface area contributed by atoms with E-state index in [9.17, 15) is 9.90 Å². The van der Waals surface area contributed by atoms with Crippen molar-refractivity contribution in [2.75, 3.05) is 19.8 Å². The molecule has 0 aliphatic heterocycles. The molecule has 0 rings (SSSR count). The fourth-order valence-electron chi connectivity index (χ4n) is 4.05. The van der Waals surface area contributed by atoms with Gasteiger partial charge >= 0.3 is 5.97 Å². The summed E-state index contributed by atoms with van der Waals surface area (Å²) in [5.41, 5.74) is 0. The van der Waals surface area contributed by atoms with Crippen molar-refractivity contribution in [3.8, 4) is 0 Å². The number of aliphatic hydroxyl groups is 1. The number of carbonyl (C=O) groups is 1. The highest BCUT2D eigenvalue weighted by molar-refractivity contribution is 5.69. The monoisotopic (exact) mass is 520 g/mol. The first-order chi connectivity index (χ1) is 18.2. The van der Waals surface area contributed by atoms with E-state index in [4.69, 9.17) is 9.47 Å². The molecule has 0 radical (unpaired) electrons. The summed E-state index contributed by atoms with van der Waals surface area (Å²) >= 11 is 0. The van der Waals surface area contributed by atoms with Crippen LogP contribution >= 0.6 is 0 Å². The van der Waals surface area contributed by atoms with Gasteiger partial charge in [-0.1, -0.05) is 115 Å². The first kappa shape index (κ1) is 35.6. The zero-order chi connectivity index (χ0) is 27.1. The number of carbonyl (C=O) groups excluding carboxylic acids is 1. The molecule has 0 saturated carbocycles. The molecule has 0 heterocycles. The first-order valence-electron chi connectivity index (χ1n) is 15.6. The topological polar surface area (TPSA) is 55.8 Å². The van der Waals surface area contributed by atoms with E-state index in [1.165, 1.54) is 83.5 Å². The number of hydrogen-bond acceptors (Lipinski definition) is 4. The Balaban J connectivity index is 3.50. The average Bonchev–Trinajstić information content (AvgIpc) is 2.90. The molecule has 1 N–H and O–H groups in total. The second kappa shape index (κ2) is 30.8. The van der Waals surface area contributed by atoms with Crippen LogP contribution in [0.5, 0.6) is 0 Å². The predicted octanol–water partition coefficient (Wildman–Crippen LogP) is 9.42. The normalized spacial score (nSPS) is 12.8. The van der Waals surface area contributed by atoms with Gasteiger partial charge in [0.05, 0.1) is 13.2 Å². The fraction of sp³-hybridized carbons (Fsp3) is 0.788. The molecular weight excluding hydrogens is 460 g/mol. The molecule has 0 amide bonds. The molecule has 0 aromatic carbocycles. The zero-order valence-electron chi connectivity index (χ0n) is 24.5. The minimum Gasteiger partial charge on any atom is -0.457 e. The Hall–Kier alpha value is -1.39. The van der Waals surface area contributed by atoms with Crippen molar-refractivity contribution in [3.05, 3.63) is 36.5 Å². The van der Waals surface area contributed by atoms with Crippen LogP contribution in [0.3, 0.4) is 0 Å². The van der Waals surface area contributed by atoms with Gasteiger partial charge in [0.2, 0.25) is 0 Å². The Kier molecular flexibility index (Phi) is 29.7. The standard InChI is InChI=1S/C33H60O4/c1-3-5-7-9-11-13-15-17-18-20-22-24-26-28-33(35)37-32(30-34)31-36-29-27-25-23-21-19-16-14-12-10-8-6-4-2/h7,9-10,12-13,15,32,34H,3-6,8,11,14,16-31H2,1-2H3/b9-7-,12-10-,15-13-. The first-order valence-corrected chi connectivity index (χ1v) is 15.6. The Bertz CT molecular complexity index is 553. The lowest BCUT2D eigenvalue weighted by atomic mass is 10.1. The van der Waals surface area contributed by atoms with Crippen LogP contribution in [0, 0.1) is 0 Å². The molecular formula is C33H60O4. The van der Waals surface area contributed by atoms with Gasteiger partial charge in [-0.3, -0.25) is 4.79 Å². The van der Waals surface area contributed by atoms with Crippen molar-refractivity contribution in [2.45, 2.75) is 148 Å². The highest BCUT2D eigenvalue weighted by Gasteiger charge is 2.13. The summed E-state index contributed by atoms with van der Waals surface area (Å²) in [4.78, 5) is 12.1. The quantitative estimate of drug-likeness (QED) is 0.0634. The second-order valence-corrected chi connectivity index (χ2v) is 10.2. The molecule has 216 valence electrons. The van der Waals surface area contributed by atoms with Gasteiger partial charge in [0, 0.05) is 13.0 Å². The van der Waals surface area contributed by atoms with Crippen molar-refractivity contribution >= 4 is 5.97 Å². The van der Waals surface area contributed by atoms with Crippen molar-refractivity contribution in [1.82, 2.24) is 0 Å². The Morgan fingerprint density at radius 1 is 0.649 bits per heavy atom. The fourth-order valence-corrected chi connectivity index (χ4v) is 4.05. The third-order valence-electron chi connectivity index (χ3n) is 6.42. The molecule has 0 spiro atoms. The van der Waals surface area contributed by atoms with Crippen LogP contribution in [0.1, 0.15) is 142 Å². The van der Waals surface area contributed by atoms with Crippen LogP contribution in [0.2, 0.25) is 0 Å². The largest absolute Gasteiger partial charge is 0.457 e. The molecule has 4 heteroatoms. The van der Waals surface area contributed by atoms with Crippen LogP contribution in [0.4, 0.5) is 0 Å². The van der Waals surface area contributed by atoms with E-state index in [0.717, 1.165) is 38.5 Å². The van der Waals surface area contributed by atoms with Crippen LogP contribution in [0.25, 0.3) is 0 Å². The Morgan fingerprint density at radius 3 is 1.81 bits per heavy atom. The summed E-state index contributed by atoms with van der Waals surface area (Å²) in [5, 5.41) is 9.49. The number of aliphatic hydroxyl groups excluding tert-OH is 1. The van der Waals surface area contributed by atoms with Gasteiger partial charge in [-0.2, -0.15) is 0 Å². The molecule has 37 heavy (non-hydrogen) atoms. The van der Waals surface area contributed by atoms with Gasteiger partial charge in [0.25, 0.3) is 0 Å². The van der Waals surface area contributed by atoms with Crippen molar-refractivity contribution < 1.29 is 19.4 Å². The van der Waals surface area contributed by atoms with E-state index in [2.05, 4.69) is 50.3 Å². The number of hydrogen-bond donors (Lipinski definition) is 1. The number of rotatable bonds is 28. The maximum absolute atomic E-state index is 12.1. The average molecular weight is 521 g/mol. The van der Waals surface area contributed by atoms with Gasteiger partial charge < -0.3 is 14.6 Å². The summed E-state index contributed by atoms with van der Waals surface area (Å²) in [6.07, 6.45) is 35.9. The third kappa shape index (κ3) is 29.0. The van der Waals surface area contributed by atoms with Crippen molar-refractivity contribution in [1.29, 1.82) is 0 Å². The number of unbranched alkanes of at least 4 members (excludes halogenated alkanes) is 14. The molecule has 0 aromatic rings. The molecule has 0 aromatic heterocycles. The van der Waals surface area contributed by atoms with E-state index in [1.807, 2.05) is 0 Å². The van der Waals surface area contributed by atoms with Gasteiger partial charge in [0.1, 0.15) is 6.10 Å². The highest BCUT2D eigenvalue weighted by atomic mass is 16.6. The van der Waals surface area contributed by atoms with Gasteiger partial charge in [-0.15, -0.1) is 0 Å². The van der Waals surface area contributed by atoms with Crippen LogP contribution in [-0.4, -0.2) is 37.0 Å². The summed E-state index contributed by atoms with van der Waals surface area (Å²) in [7, 11) is 0. The molecule has 0 aliphatic carbocycles. The maximum atomic E-state index is 12.1. The molecule has 1 atom stereocenters. The Morgan fingerprint density at radius 2 is 1.19 bits per heavy atom. The molecule has 0 fully saturated rings. The minimum absolute atomic E-state index is 0.180. The number of ether oxygens (including phenoxy) is 2. The molecule has 4 nitrogen and oxygen atoms in total. The molecule has 0 bridgehead atoms. The van der Waals surface area contributed by atoms with Gasteiger partial charge in [-0.25, -0.2) is 0 Å². The van der Waals surface area contributed by atoms with Crippen LogP contribution in [-0.2, 0) is 14.3 Å². The van der Waals surface area contributed by atoms with E-state index in [0.29, 0.717) is 13.0 Å². The number of allylic oxidation sites excluding steroid dienone is 6. The molecule has 0 aliphatic rings. The molecule has 0 saturated heterocycles. The van der Waals surface area contributed by atoms with E-state index in [-0.39, 0.29) is 19.2 Å². The maximum Gasteiger partial charge on any atom is 0.306 e. The number of esters is 1. The van der Waals surface area contributed by atoms with Crippen LogP contribution in [0.15, 0.2) is 36.5 Å². The summed E-state index contributed by atoms with van der Waals surface area (Å²) in [6, 6.07) is 0. The lowest BCUT2D eigenvalue weighted by Crippen LogP contribution is -2.27. The van der Waals surface area contributed by atoms with E-state index < -0.39 is 6.10 Å². The van der Waals surface area contributed by atoms with Crippen LogP contribution < -0.4 is 0 Å². The second-order valence-electron chi connectivity index (χ2n) is 10.2. The SMILES string of the molecule is CCC/C=C\C/C=C\CCCCCCCC(=O)OC(CO)COCCCCCCCC/C=C\CCCC. The predicted molar refractivity (Wildman–Crippen MR) is 159 cm³/mol. The van der Waals surface area contributed by atoms with Gasteiger partial charge in [0.15, 0.2) is 0 Å². The van der Waals surface area contributed by atoms with Crippen molar-refractivity contribution in [2.24, 2.45) is 0 Å². The van der Waals surface area contributed by atoms with Gasteiger partial charge in [-0.05, 0) is 57.8 Å². The lowest BCUT2D eigenvalue weighted by molar-refractivity contribution is -0.154. The smallest absolute Gasteiger partial charge is 0.306 e. The third-order valence-corrected chi connectivity index (χ3v) is 6.42. The van der Waals surface area contributed by atoms with Crippen molar-refractivity contribution in [3.63, 3.8) is 0 Å². The van der Waals surface area contributed by atoms with E-state index >= 15 is 0 Å². The summed E-state index contributed by atoms with van der Waals surface area (Å²) in [5.74, 6) is -0.220. The minimum atomic E-state index is -0.540. The lowest BCUT2D eigenvalue weighted by Gasteiger charge is -2.15. The highest BCUT2D eigenvalue weighted by Crippen LogP contribution is 2.10. The Labute approximate surface area is 230 Å².